The highest BCUT2D eigenvalue weighted by atomic mass is 35.5. The van der Waals surface area contributed by atoms with Crippen molar-refractivity contribution in [3.05, 3.63) is 162 Å². The SMILES string of the molecule is Cc1nn(C)cc1-c1nnc(Cc2ccc(Cl)c(Oc3cc(Cl)cc(C#N)c3)c2F)o1.Cc1nn2cccnc2c1-c1nnc(Cc2ccc(Cl)c(Oc3cc(Cl)cc(C#N)c3)c2F)o1. The lowest BCUT2D eigenvalue weighted by atomic mass is 10.1. The average Bonchev–Trinajstić information content (AvgIpc) is 4.08. The molecule has 0 fully saturated rings. The van der Waals surface area contributed by atoms with Crippen molar-refractivity contribution >= 4 is 52.1 Å². The van der Waals surface area contributed by atoms with Crippen LogP contribution >= 0.6 is 46.4 Å². The summed E-state index contributed by atoms with van der Waals surface area (Å²) < 4.78 is 56.5. The lowest BCUT2D eigenvalue weighted by molar-refractivity contribution is 0.437. The molecule has 0 aliphatic rings. The zero-order valence-corrected chi connectivity index (χ0v) is 36.8. The number of hydrogen-bond acceptors (Lipinski definition) is 13. The Balaban J connectivity index is 0.000000178. The van der Waals surface area contributed by atoms with Crippen LogP contribution in [0.5, 0.6) is 23.0 Å². The van der Waals surface area contributed by atoms with E-state index in [2.05, 4.69) is 35.6 Å². The smallest absolute Gasteiger partial charge is 0.253 e. The maximum Gasteiger partial charge on any atom is 0.253 e. The van der Waals surface area contributed by atoms with Gasteiger partial charge < -0.3 is 18.3 Å². The highest BCUT2D eigenvalue weighted by Crippen LogP contribution is 2.38. The summed E-state index contributed by atoms with van der Waals surface area (Å²) in [6.07, 6.45) is 5.20. The molecular formula is C44H27Cl4F2N11O4. The first-order chi connectivity index (χ1) is 31.3. The molecular weight excluding hydrogens is 926 g/mol. The van der Waals surface area contributed by atoms with E-state index in [1.54, 1.807) is 40.9 Å². The third-order valence-electron chi connectivity index (χ3n) is 9.34. The number of rotatable bonds is 10. The van der Waals surface area contributed by atoms with Crippen LogP contribution in [-0.4, -0.2) is 44.8 Å². The maximum absolute atomic E-state index is 15.3. The first-order valence-corrected chi connectivity index (χ1v) is 20.4. The molecule has 5 aromatic heterocycles. The van der Waals surface area contributed by atoms with Crippen molar-refractivity contribution in [3.63, 3.8) is 0 Å². The van der Waals surface area contributed by atoms with Crippen LogP contribution in [0.15, 0.2) is 94.2 Å². The standard InChI is InChI=1S/C23H13Cl2FN6O2.C21H14Cl2FN5O2/c1-12-19(22-28-5-2-6-32(22)31-12)23-30-29-18(34-23)9-14-3-4-17(25)21(20(14)26)33-16-8-13(11-27)7-15(24)10-16;1-11-16(10-29(2)28-11)21-27-26-18(31-21)7-13-3-4-17(23)20(19(13)24)30-15-6-12(9-25)5-14(22)8-15/h2-8,10H,9H2,1H3;3-6,8,10H,7H2,1-2H3. The predicted molar refractivity (Wildman–Crippen MR) is 233 cm³/mol. The number of hydrogen-bond donors (Lipinski definition) is 0. The van der Waals surface area contributed by atoms with Gasteiger partial charge in [0.15, 0.2) is 28.8 Å². The third kappa shape index (κ3) is 9.74. The molecule has 0 radical (unpaired) electrons. The normalized spacial score (nSPS) is 10.9. The molecule has 15 nitrogen and oxygen atoms in total. The quantitative estimate of drug-likeness (QED) is 0.126. The van der Waals surface area contributed by atoms with Crippen molar-refractivity contribution < 1.29 is 27.1 Å². The Hall–Kier alpha value is -7.41. The summed E-state index contributed by atoms with van der Waals surface area (Å²) in [5.41, 5.74) is 4.31. The summed E-state index contributed by atoms with van der Waals surface area (Å²) in [4.78, 5) is 4.32. The second-order valence-corrected chi connectivity index (χ2v) is 15.7. The summed E-state index contributed by atoms with van der Waals surface area (Å²) in [5, 5.41) is 43.7. The van der Waals surface area contributed by atoms with Crippen LogP contribution in [0.25, 0.3) is 28.6 Å². The molecule has 65 heavy (non-hydrogen) atoms. The van der Waals surface area contributed by atoms with E-state index in [4.69, 9.17) is 75.2 Å². The fourth-order valence-electron chi connectivity index (χ4n) is 6.46. The van der Waals surface area contributed by atoms with E-state index in [-0.39, 0.29) is 95.9 Å². The molecule has 9 rings (SSSR count). The largest absolute Gasteiger partial charge is 0.453 e. The van der Waals surface area contributed by atoms with Crippen LogP contribution in [0.4, 0.5) is 8.78 Å². The maximum atomic E-state index is 15.3. The Morgan fingerprint density at radius 2 is 1.23 bits per heavy atom. The minimum atomic E-state index is -0.695. The molecule has 0 saturated heterocycles. The highest BCUT2D eigenvalue weighted by Gasteiger charge is 2.23. The zero-order chi connectivity index (χ0) is 45.9. The summed E-state index contributed by atoms with van der Waals surface area (Å²) in [5.74, 6) is -0.452. The van der Waals surface area contributed by atoms with E-state index in [1.165, 1.54) is 60.7 Å². The van der Waals surface area contributed by atoms with Gasteiger partial charge in [-0.15, -0.1) is 20.4 Å². The molecule has 0 unspecified atom stereocenters. The minimum Gasteiger partial charge on any atom is -0.453 e. The molecule has 324 valence electrons. The summed E-state index contributed by atoms with van der Waals surface area (Å²) in [7, 11) is 1.79. The van der Waals surface area contributed by atoms with E-state index in [9.17, 15) is 0 Å². The fraction of sp³-hybridized carbons (Fsp3) is 0.114. The van der Waals surface area contributed by atoms with Gasteiger partial charge >= 0.3 is 0 Å². The van der Waals surface area contributed by atoms with Crippen LogP contribution < -0.4 is 9.47 Å². The van der Waals surface area contributed by atoms with Crippen molar-refractivity contribution in [2.24, 2.45) is 7.05 Å². The first kappa shape index (κ1) is 44.2. The van der Waals surface area contributed by atoms with Crippen LogP contribution in [0.1, 0.15) is 45.4 Å². The van der Waals surface area contributed by atoms with Gasteiger partial charge in [-0.1, -0.05) is 58.5 Å². The Labute approximate surface area is 386 Å². The molecule has 0 N–H and O–H groups in total. The molecule has 5 heterocycles. The minimum absolute atomic E-state index is 0.00293. The molecule has 0 atom stereocenters. The van der Waals surface area contributed by atoms with E-state index in [1.807, 2.05) is 26.0 Å². The number of nitrogens with zero attached hydrogens (tertiary/aromatic N) is 11. The van der Waals surface area contributed by atoms with Crippen molar-refractivity contribution in [1.29, 1.82) is 10.5 Å². The molecule has 0 spiro atoms. The summed E-state index contributed by atoms with van der Waals surface area (Å²) >= 11 is 24.3. The summed E-state index contributed by atoms with van der Waals surface area (Å²) in [6.45, 7) is 3.64. The van der Waals surface area contributed by atoms with Crippen molar-refractivity contribution in [3.8, 4) is 58.0 Å². The Kier molecular flexibility index (Phi) is 12.7. The van der Waals surface area contributed by atoms with E-state index in [0.717, 1.165) is 5.69 Å². The van der Waals surface area contributed by atoms with Gasteiger partial charge in [-0.2, -0.15) is 20.7 Å². The Bertz CT molecular complexity index is 3360. The van der Waals surface area contributed by atoms with E-state index >= 15 is 8.78 Å². The molecule has 0 aliphatic heterocycles. The Morgan fingerprint density at radius 3 is 1.75 bits per heavy atom. The summed E-state index contributed by atoms with van der Waals surface area (Å²) in [6, 6.07) is 20.5. The topological polar surface area (TPSA) is 192 Å². The monoisotopic (exact) mass is 951 g/mol. The van der Waals surface area contributed by atoms with Gasteiger partial charge in [-0.25, -0.2) is 18.3 Å². The molecule has 4 aromatic carbocycles. The number of aromatic nitrogens is 9. The zero-order valence-electron chi connectivity index (χ0n) is 33.8. The second-order valence-electron chi connectivity index (χ2n) is 14.0. The third-order valence-corrected chi connectivity index (χ3v) is 10.4. The van der Waals surface area contributed by atoms with Gasteiger partial charge in [0.05, 0.1) is 63.1 Å². The van der Waals surface area contributed by atoms with Crippen LogP contribution in [0.2, 0.25) is 20.1 Å². The van der Waals surface area contributed by atoms with Gasteiger partial charge in [-0.05, 0) is 68.4 Å². The number of benzene rings is 4. The predicted octanol–water partition coefficient (Wildman–Crippen LogP) is 11.3. The van der Waals surface area contributed by atoms with Crippen molar-refractivity contribution in [1.82, 2.24) is 44.8 Å². The number of fused-ring (bicyclic) bond motifs is 1. The van der Waals surface area contributed by atoms with Gasteiger partial charge in [0.25, 0.3) is 11.8 Å². The van der Waals surface area contributed by atoms with E-state index in [0.29, 0.717) is 28.4 Å². The van der Waals surface area contributed by atoms with Crippen LogP contribution in [0, 0.1) is 48.1 Å². The van der Waals surface area contributed by atoms with Gasteiger partial charge in [0.1, 0.15) is 17.1 Å². The molecule has 0 aliphatic carbocycles. The molecule has 21 heteroatoms. The number of ether oxygens (including phenoxy) is 2. The number of aryl methyl sites for hydroxylation is 3. The number of halogens is 6. The lowest BCUT2D eigenvalue weighted by Gasteiger charge is -2.11. The number of nitriles is 2. The second kappa shape index (κ2) is 18.7. The van der Waals surface area contributed by atoms with Crippen molar-refractivity contribution in [2.75, 3.05) is 0 Å². The van der Waals surface area contributed by atoms with Gasteiger partial charge in [-0.3, -0.25) is 4.68 Å². The van der Waals surface area contributed by atoms with Crippen molar-refractivity contribution in [2.45, 2.75) is 26.7 Å². The Morgan fingerprint density at radius 1 is 0.692 bits per heavy atom. The van der Waals surface area contributed by atoms with Crippen LogP contribution in [-0.2, 0) is 19.9 Å². The molecule has 0 saturated carbocycles. The van der Waals surface area contributed by atoms with Crippen LogP contribution in [0.3, 0.4) is 0 Å². The first-order valence-electron chi connectivity index (χ1n) is 18.9. The van der Waals surface area contributed by atoms with E-state index < -0.39 is 11.6 Å². The highest BCUT2D eigenvalue weighted by molar-refractivity contribution is 6.32. The van der Waals surface area contributed by atoms with Gasteiger partial charge in [0, 0.05) is 46.8 Å². The fourth-order valence-corrected chi connectivity index (χ4v) is 7.28. The lowest BCUT2D eigenvalue weighted by Crippen LogP contribution is -1.98. The molecule has 9 aromatic rings. The average molecular weight is 954 g/mol. The molecule has 0 amide bonds. The van der Waals surface area contributed by atoms with Gasteiger partial charge in [0.2, 0.25) is 11.8 Å². The molecule has 0 bridgehead atoms.